The lowest BCUT2D eigenvalue weighted by atomic mass is 10.2. The number of carbonyl (C=O) groups excluding carboxylic acids is 1. The summed E-state index contributed by atoms with van der Waals surface area (Å²) in [5, 5.41) is 1.67. The number of amides is 1. The SMILES string of the molecule is Cc1ccccc1OCC(=O)NN(C)c1ccccc1. The zero-order chi connectivity index (χ0) is 14.4. The molecule has 0 aliphatic heterocycles. The summed E-state index contributed by atoms with van der Waals surface area (Å²) in [5.74, 6) is 0.532. The maximum absolute atomic E-state index is 11.8. The molecule has 0 radical (unpaired) electrons. The highest BCUT2D eigenvalue weighted by molar-refractivity contribution is 5.79. The van der Waals surface area contributed by atoms with Crippen molar-refractivity contribution in [3.8, 4) is 5.75 Å². The van der Waals surface area contributed by atoms with Crippen LogP contribution < -0.4 is 15.2 Å². The van der Waals surface area contributed by atoms with Crippen molar-refractivity contribution >= 4 is 11.6 Å². The smallest absolute Gasteiger partial charge is 0.276 e. The molecule has 0 aromatic heterocycles. The Hall–Kier alpha value is -2.49. The molecule has 2 rings (SSSR count). The Kier molecular flexibility index (Phi) is 4.60. The van der Waals surface area contributed by atoms with Gasteiger partial charge in [0, 0.05) is 7.05 Å². The van der Waals surface area contributed by atoms with Gasteiger partial charge in [-0.05, 0) is 30.7 Å². The number of nitrogens with zero attached hydrogens (tertiary/aromatic N) is 1. The molecule has 0 aliphatic rings. The van der Waals surface area contributed by atoms with Crippen molar-refractivity contribution in [1.29, 1.82) is 0 Å². The van der Waals surface area contributed by atoms with Gasteiger partial charge in [-0.15, -0.1) is 0 Å². The Labute approximate surface area is 119 Å². The van der Waals surface area contributed by atoms with Gasteiger partial charge in [0.1, 0.15) is 5.75 Å². The number of anilines is 1. The predicted molar refractivity (Wildman–Crippen MR) is 79.7 cm³/mol. The number of carbonyl (C=O) groups is 1. The first-order chi connectivity index (χ1) is 9.66. The molecule has 0 fully saturated rings. The van der Waals surface area contributed by atoms with Crippen molar-refractivity contribution in [2.45, 2.75) is 6.92 Å². The number of rotatable bonds is 5. The number of ether oxygens (including phenoxy) is 1. The quantitative estimate of drug-likeness (QED) is 0.849. The van der Waals surface area contributed by atoms with Crippen LogP contribution in [0.2, 0.25) is 0 Å². The molecule has 0 aliphatic carbocycles. The molecule has 0 atom stereocenters. The van der Waals surface area contributed by atoms with Crippen LogP contribution >= 0.6 is 0 Å². The van der Waals surface area contributed by atoms with E-state index in [0.29, 0.717) is 0 Å². The molecule has 1 N–H and O–H groups in total. The standard InChI is InChI=1S/C16H18N2O2/c1-13-8-6-7-11-15(13)20-12-16(19)17-18(2)14-9-4-3-5-10-14/h3-11H,12H2,1-2H3,(H,17,19). The molecule has 0 spiro atoms. The number of para-hydroxylation sites is 2. The monoisotopic (exact) mass is 270 g/mol. The molecule has 104 valence electrons. The van der Waals surface area contributed by atoms with Crippen molar-refractivity contribution in [3.05, 3.63) is 60.2 Å². The zero-order valence-corrected chi connectivity index (χ0v) is 11.7. The first kappa shape index (κ1) is 13.9. The van der Waals surface area contributed by atoms with Crippen molar-refractivity contribution in [3.63, 3.8) is 0 Å². The van der Waals surface area contributed by atoms with Crippen LogP contribution in [-0.2, 0) is 4.79 Å². The maximum Gasteiger partial charge on any atom is 0.276 e. The Morgan fingerprint density at radius 3 is 2.45 bits per heavy atom. The third kappa shape index (κ3) is 3.75. The largest absolute Gasteiger partial charge is 0.483 e. The molecule has 1 amide bonds. The second kappa shape index (κ2) is 6.61. The van der Waals surface area contributed by atoms with Crippen molar-refractivity contribution in [2.24, 2.45) is 0 Å². The van der Waals surface area contributed by atoms with Gasteiger partial charge < -0.3 is 4.74 Å². The van der Waals surface area contributed by atoms with Gasteiger partial charge >= 0.3 is 0 Å². The fourth-order valence-corrected chi connectivity index (χ4v) is 1.80. The summed E-state index contributed by atoms with van der Waals surface area (Å²) in [6.45, 7) is 1.94. The minimum Gasteiger partial charge on any atom is -0.483 e. The lowest BCUT2D eigenvalue weighted by molar-refractivity contribution is -0.123. The van der Waals surface area contributed by atoms with Crippen LogP contribution in [0.3, 0.4) is 0 Å². The Morgan fingerprint density at radius 1 is 1.10 bits per heavy atom. The molecule has 0 unspecified atom stereocenters. The Bertz CT molecular complexity index is 570. The van der Waals surface area contributed by atoms with E-state index in [1.54, 1.807) is 12.1 Å². The van der Waals surface area contributed by atoms with E-state index in [0.717, 1.165) is 17.0 Å². The van der Waals surface area contributed by atoms with Gasteiger partial charge in [0.2, 0.25) is 0 Å². The molecule has 20 heavy (non-hydrogen) atoms. The summed E-state index contributed by atoms with van der Waals surface area (Å²) in [7, 11) is 1.79. The first-order valence-corrected chi connectivity index (χ1v) is 6.43. The maximum atomic E-state index is 11.8. The minimum absolute atomic E-state index is 0.0119. The van der Waals surface area contributed by atoms with Crippen LogP contribution in [0.25, 0.3) is 0 Å². The zero-order valence-electron chi connectivity index (χ0n) is 11.7. The van der Waals surface area contributed by atoms with Crippen molar-refractivity contribution < 1.29 is 9.53 Å². The highest BCUT2D eigenvalue weighted by Gasteiger charge is 2.07. The number of hydrazine groups is 1. The molecular weight excluding hydrogens is 252 g/mol. The second-order valence-electron chi connectivity index (χ2n) is 4.48. The van der Waals surface area contributed by atoms with Gasteiger partial charge in [-0.25, -0.2) is 0 Å². The van der Waals surface area contributed by atoms with Gasteiger partial charge in [0.05, 0.1) is 5.69 Å². The molecule has 0 saturated carbocycles. The predicted octanol–water partition coefficient (Wildman–Crippen LogP) is 2.54. The van der Waals surface area contributed by atoms with Crippen molar-refractivity contribution in [2.75, 3.05) is 18.7 Å². The summed E-state index contributed by atoms with van der Waals surface area (Å²) in [6.07, 6.45) is 0. The number of nitrogens with one attached hydrogen (secondary N) is 1. The van der Waals surface area contributed by atoms with E-state index in [9.17, 15) is 4.79 Å². The Morgan fingerprint density at radius 2 is 1.75 bits per heavy atom. The normalized spacial score (nSPS) is 9.90. The van der Waals surface area contributed by atoms with Gasteiger partial charge in [-0.1, -0.05) is 36.4 Å². The first-order valence-electron chi connectivity index (χ1n) is 6.43. The van der Waals surface area contributed by atoms with E-state index >= 15 is 0 Å². The number of aryl methyl sites for hydroxylation is 1. The van der Waals surface area contributed by atoms with Crippen LogP contribution in [0, 0.1) is 6.92 Å². The van der Waals surface area contributed by atoms with Crippen LogP contribution in [-0.4, -0.2) is 19.6 Å². The molecule has 2 aromatic rings. The molecule has 0 bridgehead atoms. The van der Waals surface area contributed by atoms with Crippen molar-refractivity contribution in [1.82, 2.24) is 5.43 Å². The molecule has 0 heterocycles. The van der Waals surface area contributed by atoms with Crippen LogP contribution in [0.5, 0.6) is 5.75 Å². The van der Waals surface area contributed by atoms with Gasteiger partial charge in [0.15, 0.2) is 6.61 Å². The van der Waals surface area contributed by atoms with E-state index < -0.39 is 0 Å². The molecular formula is C16H18N2O2. The average Bonchev–Trinajstić information content (AvgIpc) is 2.47. The lowest BCUT2D eigenvalue weighted by Crippen LogP contribution is -2.41. The van der Waals surface area contributed by atoms with E-state index in [4.69, 9.17) is 4.74 Å². The van der Waals surface area contributed by atoms with E-state index in [1.165, 1.54) is 0 Å². The van der Waals surface area contributed by atoms with Gasteiger partial charge in [-0.2, -0.15) is 0 Å². The third-order valence-electron chi connectivity index (χ3n) is 2.89. The van der Waals surface area contributed by atoms with E-state index in [1.807, 2.05) is 61.5 Å². The third-order valence-corrected chi connectivity index (χ3v) is 2.89. The number of hydrogen-bond acceptors (Lipinski definition) is 3. The fraction of sp³-hybridized carbons (Fsp3) is 0.188. The summed E-state index contributed by atoms with van der Waals surface area (Å²) >= 11 is 0. The average molecular weight is 270 g/mol. The molecule has 4 heteroatoms. The summed E-state index contributed by atoms with van der Waals surface area (Å²) in [4.78, 5) is 11.8. The highest BCUT2D eigenvalue weighted by Crippen LogP contribution is 2.15. The summed E-state index contributed by atoms with van der Waals surface area (Å²) in [5.41, 5.74) is 4.68. The highest BCUT2D eigenvalue weighted by atomic mass is 16.5. The second-order valence-corrected chi connectivity index (χ2v) is 4.48. The molecule has 4 nitrogen and oxygen atoms in total. The van der Waals surface area contributed by atoms with Gasteiger partial charge in [-0.3, -0.25) is 15.2 Å². The summed E-state index contributed by atoms with van der Waals surface area (Å²) < 4.78 is 5.50. The number of hydrogen-bond donors (Lipinski definition) is 1. The molecule has 2 aromatic carbocycles. The Balaban J connectivity index is 1.86. The fourth-order valence-electron chi connectivity index (χ4n) is 1.80. The van der Waals surface area contributed by atoms with E-state index in [-0.39, 0.29) is 12.5 Å². The minimum atomic E-state index is -0.195. The van der Waals surface area contributed by atoms with Crippen LogP contribution in [0.15, 0.2) is 54.6 Å². The van der Waals surface area contributed by atoms with Crippen LogP contribution in [0.1, 0.15) is 5.56 Å². The lowest BCUT2D eigenvalue weighted by Gasteiger charge is -2.20. The number of benzene rings is 2. The molecule has 0 saturated heterocycles. The van der Waals surface area contributed by atoms with E-state index in [2.05, 4.69) is 5.43 Å². The summed E-state index contributed by atoms with van der Waals surface area (Å²) in [6, 6.07) is 17.2. The topological polar surface area (TPSA) is 41.6 Å². The van der Waals surface area contributed by atoms with Crippen LogP contribution in [0.4, 0.5) is 5.69 Å². The van der Waals surface area contributed by atoms with Gasteiger partial charge in [0.25, 0.3) is 5.91 Å².